The van der Waals surface area contributed by atoms with Gasteiger partial charge in [0.25, 0.3) is 11.8 Å². The molecule has 4 rings (SSSR count). The third-order valence-corrected chi connectivity index (χ3v) is 7.12. The van der Waals surface area contributed by atoms with Crippen LogP contribution in [0.2, 0.25) is 0 Å². The summed E-state index contributed by atoms with van der Waals surface area (Å²) in [7, 11) is 0. The summed E-state index contributed by atoms with van der Waals surface area (Å²) in [6.07, 6.45) is -2.98. The van der Waals surface area contributed by atoms with Crippen molar-refractivity contribution in [2.24, 2.45) is 0 Å². The lowest BCUT2D eigenvalue weighted by atomic mass is 10.0. The Bertz CT molecular complexity index is 1570. The molecule has 0 aliphatic heterocycles. The number of carbonyl (C=O) groups is 2. The second kappa shape index (κ2) is 13.6. The van der Waals surface area contributed by atoms with Gasteiger partial charge in [0, 0.05) is 54.0 Å². The summed E-state index contributed by atoms with van der Waals surface area (Å²) < 4.78 is 39.2. The molecule has 0 radical (unpaired) electrons. The summed E-state index contributed by atoms with van der Waals surface area (Å²) in [5.41, 5.74) is 3.73. The van der Waals surface area contributed by atoms with Crippen molar-refractivity contribution < 1.29 is 22.8 Å². The molecule has 0 saturated heterocycles. The molecule has 0 aliphatic carbocycles. The third kappa shape index (κ3) is 7.50. The van der Waals surface area contributed by atoms with Crippen molar-refractivity contribution in [2.75, 3.05) is 23.3 Å². The van der Waals surface area contributed by atoms with Crippen LogP contribution in [0.4, 0.5) is 24.5 Å². The largest absolute Gasteiger partial charge is 0.416 e. The van der Waals surface area contributed by atoms with E-state index in [0.717, 1.165) is 36.5 Å². The Balaban J connectivity index is 1.63. The van der Waals surface area contributed by atoms with Gasteiger partial charge in [0.2, 0.25) is 0 Å². The highest BCUT2D eigenvalue weighted by Gasteiger charge is 2.30. The van der Waals surface area contributed by atoms with Crippen LogP contribution in [-0.2, 0) is 18.5 Å². The van der Waals surface area contributed by atoms with Crippen molar-refractivity contribution in [1.82, 2.24) is 10.3 Å². The molecule has 0 fully saturated rings. The molecule has 1 heterocycles. The number of thiol groups is 1. The van der Waals surface area contributed by atoms with E-state index in [1.807, 2.05) is 38.1 Å². The van der Waals surface area contributed by atoms with Crippen LogP contribution in [0.25, 0.3) is 11.3 Å². The van der Waals surface area contributed by atoms with Gasteiger partial charge in [-0.3, -0.25) is 14.6 Å². The predicted octanol–water partition coefficient (Wildman–Crippen LogP) is 7.23. The topological polar surface area (TPSA) is 74.3 Å². The van der Waals surface area contributed by atoms with Crippen LogP contribution in [0.3, 0.4) is 0 Å². The lowest BCUT2D eigenvalue weighted by Gasteiger charge is -2.23. The smallest absolute Gasteiger partial charge is 0.372 e. The van der Waals surface area contributed by atoms with Crippen LogP contribution >= 0.6 is 12.6 Å². The number of hydrogen-bond donors (Lipinski definition) is 3. The average molecular weight is 593 g/mol. The van der Waals surface area contributed by atoms with Crippen LogP contribution in [0.5, 0.6) is 0 Å². The van der Waals surface area contributed by atoms with Gasteiger partial charge >= 0.3 is 6.18 Å². The maximum Gasteiger partial charge on any atom is 0.416 e. The zero-order chi connectivity index (χ0) is 30.3. The number of pyridine rings is 1. The molecular weight excluding hydrogens is 561 g/mol. The zero-order valence-electron chi connectivity index (χ0n) is 23.2. The second-order valence-electron chi connectivity index (χ2n) is 9.53. The minimum absolute atomic E-state index is 0.0789. The first-order chi connectivity index (χ1) is 20.1. The summed E-state index contributed by atoms with van der Waals surface area (Å²) in [5.74, 6) is -0.270. The minimum Gasteiger partial charge on any atom is -0.372 e. The first-order valence-corrected chi connectivity index (χ1v) is 14.1. The number of hydrogen-bond acceptors (Lipinski definition) is 5. The maximum atomic E-state index is 13.2. The molecule has 2 amide bonds. The number of aromatic nitrogens is 1. The van der Waals surface area contributed by atoms with Gasteiger partial charge in [-0.2, -0.15) is 25.8 Å². The van der Waals surface area contributed by atoms with Gasteiger partial charge in [0.15, 0.2) is 0 Å². The van der Waals surface area contributed by atoms with Crippen LogP contribution in [0.1, 0.15) is 51.3 Å². The van der Waals surface area contributed by atoms with Gasteiger partial charge in [-0.25, -0.2) is 0 Å². The van der Waals surface area contributed by atoms with Crippen molar-refractivity contribution in [2.45, 2.75) is 32.3 Å². The first kappa shape index (κ1) is 30.6. The Morgan fingerprint density at radius 3 is 2.29 bits per heavy atom. The molecule has 4 aromatic rings. The van der Waals surface area contributed by atoms with E-state index in [-0.39, 0.29) is 18.0 Å². The quantitative estimate of drug-likeness (QED) is 0.170. The van der Waals surface area contributed by atoms with Gasteiger partial charge in [-0.15, -0.1) is 0 Å². The number of nitrogens with one attached hydrogen (secondary N) is 2. The summed E-state index contributed by atoms with van der Waals surface area (Å²) in [4.78, 5) is 32.8. The van der Waals surface area contributed by atoms with E-state index in [9.17, 15) is 22.8 Å². The summed E-state index contributed by atoms with van der Waals surface area (Å²) in [6, 6.07) is 20.8. The number of rotatable bonds is 10. The molecule has 3 aromatic carbocycles. The molecule has 6 nitrogen and oxygen atoms in total. The van der Waals surface area contributed by atoms with E-state index < -0.39 is 17.6 Å². The fourth-order valence-corrected chi connectivity index (χ4v) is 4.70. The third-order valence-electron chi connectivity index (χ3n) is 6.76. The number of benzene rings is 3. The molecule has 2 N–H and O–H groups in total. The Labute approximate surface area is 248 Å². The van der Waals surface area contributed by atoms with Crippen molar-refractivity contribution in [3.8, 4) is 11.3 Å². The fraction of sp³-hybridized carbons (Fsp3) is 0.219. The molecule has 0 atom stereocenters. The number of nitrogens with zero attached hydrogens (tertiary/aromatic N) is 2. The van der Waals surface area contributed by atoms with E-state index in [1.54, 1.807) is 24.3 Å². The standard InChI is InChI=1S/C32H31F3N4O2S/c1-3-39(4-2)26-11-12-28(38-31(41)23-9-5-8-22(15-23)20-42)27(18-26)29-17-24(13-14-36-29)30(40)37-19-21-7-6-10-25(16-21)32(33,34)35/h5-18,42H,3-4,19-20H2,1-2H3,(H,37,40)(H,38,41). The number of amides is 2. The van der Waals surface area contributed by atoms with Gasteiger partial charge in [-0.1, -0.05) is 24.3 Å². The number of alkyl halides is 3. The Morgan fingerprint density at radius 2 is 1.57 bits per heavy atom. The zero-order valence-corrected chi connectivity index (χ0v) is 24.1. The van der Waals surface area contributed by atoms with Crippen LogP contribution < -0.4 is 15.5 Å². The lowest BCUT2D eigenvalue weighted by molar-refractivity contribution is -0.137. The second-order valence-corrected chi connectivity index (χ2v) is 9.84. The van der Waals surface area contributed by atoms with E-state index in [1.165, 1.54) is 24.4 Å². The van der Waals surface area contributed by atoms with E-state index in [0.29, 0.717) is 33.8 Å². The van der Waals surface area contributed by atoms with E-state index in [4.69, 9.17) is 0 Å². The summed E-state index contributed by atoms with van der Waals surface area (Å²) in [6.45, 7) is 5.54. The normalized spacial score (nSPS) is 11.2. The fourth-order valence-electron chi connectivity index (χ4n) is 4.51. The Kier molecular flexibility index (Phi) is 9.90. The van der Waals surface area contributed by atoms with E-state index in [2.05, 4.69) is 33.1 Å². The number of halogens is 3. The molecule has 218 valence electrons. The van der Waals surface area contributed by atoms with Crippen LogP contribution in [0, 0.1) is 0 Å². The highest BCUT2D eigenvalue weighted by Crippen LogP contribution is 2.33. The number of anilines is 2. The Hall–Kier alpha value is -4.31. The van der Waals surface area contributed by atoms with Crippen molar-refractivity contribution >= 4 is 35.8 Å². The van der Waals surface area contributed by atoms with Crippen molar-refractivity contribution in [3.05, 3.63) is 113 Å². The van der Waals surface area contributed by atoms with E-state index >= 15 is 0 Å². The SMILES string of the molecule is CCN(CC)c1ccc(NC(=O)c2cccc(CS)c2)c(-c2cc(C(=O)NCc3cccc(C(F)(F)F)c3)ccn2)c1. The lowest BCUT2D eigenvalue weighted by Crippen LogP contribution is -2.23. The molecule has 0 saturated carbocycles. The van der Waals surface area contributed by atoms with Crippen molar-refractivity contribution in [3.63, 3.8) is 0 Å². The molecule has 0 aliphatic rings. The van der Waals surface area contributed by atoms with Gasteiger partial charge in [0.05, 0.1) is 16.9 Å². The predicted molar refractivity (Wildman–Crippen MR) is 163 cm³/mol. The highest BCUT2D eigenvalue weighted by molar-refractivity contribution is 7.79. The molecule has 42 heavy (non-hydrogen) atoms. The van der Waals surface area contributed by atoms with Gasteiger partial charge in [-0.05, 0) is 79.6 Å². The van der Waals surface area contributed by atoms with Gasteiger partial charge in [0.1, 0.15) is 0 Å². The molecule has 0 unspecified atom stereocenters. The molecule has 0 bridgehead atoms. The molecule has 1 aromatic heterocycles. The summed E-state index contributed by atoms with van der Waals surface area (Å²) >= 11 is 4.29. The molecule has 10 heteroatoms. The highest BCUT2D eigenvalue weighted by atomic mass is 32.1. The van der Waals surface area contributed by atoms with Gasteiger partial charge < -0.3 is 15.5 Å². The first-order valence-electron chi connectivity index (χ1n) is 13.4. The van der Waals surface area contributed by atoms with Crippen LogP contribution in [0.15, 0.2) is 85.1 Å². The maximum absolute atomic E-state index is 13.2. The minimum atomic E-state index is -4.47. The van der Waals surface area contributed by atoms with Crippen molar-refractivity contribution in [1.29, 1.82) is 0 Å². The molecular formula is C32H31F3N4O2S. The average Bonchev–Trinajstić information content (AvgIpc) is 3.00. The monoisotopic (exact) mass is 592 g/mol. The van der Waals surface area contributed by atoms with Crippen LogP contribution in [-0.4, -0.2) is 29.9 Å². The number of carbonyl (C=O) groups excluding carboxylic acids is 2. The molecule has 0 spiro atoms. The Morgan fingerprint density at radius 1 is 0.857 bits per heavy atom. The summed E-state index contributed by atoms with van der Waals surface area (Å²) in [5, 5.41) is 5.66.